The molecule has 0 spiro atoms. The Morgan fingerprint density at radius 2 is 1.73 bits per heavy atom. The Hall–Kier alpha value is -1.69. The molecule has 0 radical (unpaired) electrons. The number of nitrogens with zero attached hydrogens (tertiary/aromatic N) is 2. The van der Waals surface area contributed by atoms with E-state index in [9.17, 15) is 9.59 Å². The van der Waals surface area contributed by atoms with Gasteiger partial charge in [-0.25, -0.2) is 4.90 Å². The predicted molar refractivity (Wildman–Crippen MR) is 85.7 cm³/mol. The molecule has 1 aliphatic carbocycles. The molecule has 0 unspecified atom stereocenters. The number of rotatable bonds is 3. The van der Waals surface area contributed by atoms with Crippen LogP contribution in [0.4, 0.5) is 5.82 Å². The molecule has 116 valence electrons. The smallest absolute Gasteiger partial charge is 0.262 e. The van der Waals surface area contributed by atoms with Gasteiger partial charge in [0, 0.05) is 11.1 Å². The topological polar surface area (TPSA) is 59.5 Å². The number of hydrogen-bond donors (Lipinski definition) is 0. The van der Waals surface area contributed by atoms with E-state index in [-0.39, 0.29) is 17.9 Å². The largest absolute Gasteiger partial charge is 0.474 e. The van der Waals surface area contributed by atoms with Gasteiger partial charge in [-0.15, -0.1) is 0 Å². The van der Waals surface area contributed by atoms with Crippen LogP contribution in [0.15, 0.2) is 27.8 Å². The van der Waals surface area contributed by atoms with Gasteiger partial charge in [0.05, 0.1) is 10.6 Å². The number of anilines is 1. The average Bonchev–Trinajstić information content (AvgIpc) is 2.74. The monoisotopic (exact) mass is 364 g/mol. The van der Waals surface area contributed by atoms with E-state index in [1.807, 2.05) is 13.8 Å². The molecule has 5 nitrogen and oxygen atoms in total. The Morgan fingerprint density at radius 1 is 1.14 bits per heavy atom. The molecular formula is C16H17BrN2O3. The number of pyridine rings is 1. The van der Waals surface area contributed by atoms with E-state index in [0.717, 1.165) is 12.8 Å². The summed E-state index contributed by atoms with van der Waals surface area (Å²) in [6.45, 7) is 3.79. The first-order valence-corrected chi connectivity index (χ1v) is 8.22. The second-order valence-corrected chi connectivity index (χ2v) is 6.59. The van der Waals surface area contributed by atoms with Crippen LogP contribution in [-0.4, -0.2) is 22.9 Å². The van der Waals surface area contributed by atoms with E-state index in [1.165, 1.54) is 4.90 Å². The van der Waals surface area contributed by atoms with Crippen LogP contribution >= 0.6 is 15.9 Å². The SMILES string of the molecule is CC(C)Oc1nc(N2C(=O)C3=C(CCCC3)C2=O)ccc1Br. The minimum Gasteiger partial charge on any atom is -0.474 e. The normalized spacial score (nSPS) is 18.3. The zero-order valence-corrected chi connectivity index (χ0v) is 14.1. The van der Waals surface area contributed by atoms with Crippen molar-refractivity contribution < 1.29 is 14.3 Å². The molecule has 6 heteroatoms. The van der Waals surface area contributed by atoms with Crippen LogP contribution in [-0.2, 0) is 9.59 Å². The highest BCUT2D eigenvalue weighted by atomic mass is 79.9. The summed E-state index contributed by atoms with van der Waals surface area (Å²) in [5, 5.41) is 0. The van der Waals surface area contributed by atoms with Crippen molar-refractivity contribution in [1.29, 1.82) is 0 Å². The molecule has 0 fully saturated rings. The van der Waals surface area contributed by atoms with Crippen molar-refractivity contribution >= 4 is 33.6 Å². The molecule has 0 saturated heterocycles. The summed E-state index contributed by atoms with van der Waals surface area (Å²) in [4.78, 5) is 30.6. The molecule has 0 aromatic carbocycles. The fraction of sp³-hybridized carbons (Fsp3) is 0.438. The lowest BCUT2D eigenvalue weighted by molar-refractivity contribution is -0.120. The lowest BCUT2D eigenvalue weighted by atomic mass is 9.93. The summed E-state index contributed by atoms with van der Waals surface area (Å²) < 4.78 is 6.31. The number of carbonyl (C=O) groups excluding carboxylic acids is 2. The molecule has 3 rings (SSSR count). The number of imide groups is 1. The molecule has 1 aromatic rings. The van der Waals surface area contributed by atoms with E-state index in [0.29, 0.717) is 40.2 Å². The van der Waals surface area contributed by atoms with E-state index in [1.54, 1.807) is 12.1 Å². The molecule has 2 amide bonds. The maximum absolute atomic E-state index is 12.5. The van der Waals surface area contributed by atoms with Gasteiger partial charge in [-0.05, 0) is 67.6 Å². The minimum absolute atomic E-state index is 0.0460. The standard InChI is InChI=1S/C16H17BrN2O3/c1-9(2)22-14-12(17)7-8-13(18-14)19-15(20)10-5-3-4-6-11(10)16(19)21/h7-9H,3-6H2,1-2H3. The molecule has 0 N–H and O–H groups in total. The molecule has 0 atom stereocenters. The maximum Gasteiger partial charge on any atom is 0.262 e. The molecule has 2 heterocycles. The van der Waals surface area contributed by atoms with Gasteiger partial charge in [0.2, 0.25) is 5.88 Å². The number of aromatic nitrogens is 1. The van der Waals surface area contributed by atoms with Crippen molar-refractivity contribution in [3.8, 4) is 5.88 Å². The number of hydrogen-bond acceptors (Lipinski definition) is 4. The number of amides is 2. The molecule has 2 aliphatic rings. The van der Waals surface area contributed by atoms with Crippen molar-refractivity contribution in [1.82, 2.24) is 4.98 Å². The molecular weight excluding hydrogens is 348 g/mol. The molecule has 0 saturated carbocycles. The Bertz CT molecular complexity index is 654. The summed E-state index contributed by atoms with van der Waals surface area (Å²) >= 11 is 3.37. The van der Waals surface area contributed by atoms with Gasteiger partial charge in [-0.2, -0.15) is 4.98 Å². The average molecular weight is 365 g/mol. The Labute approximate surface area is 137 Å². The van der Waals surface area contributed by atoms with Crippen LogP contribution in [0.2, 0.25) is 0 Å². The molecule has 0 bridgehead atoms. The number of ether oxygens (including phenoxy) is 1. The van der Waals surface area contributed by atoms with Crippen molar-refractivity contribution in [3.05, 3.63) is 27.8 Å². The highest BCUT2D eigenvalue weighted by Gasteiger charge is 2.40. The summed E-state index contributed by atoms with van der Waals surface area (Å²) in [5.41, 5.74) is 1.32. The summed E-state index contributed by atoms with van der Waals surface area (Å²) in [6.07, 6.45) is 3.24. The van der Waals surface area contributed by atoms with Gasteiger partial charge in [-0.3, -0.25) is 9.59 Å². The van der Waals surface area contributed by atoms with Crippen LogP contribution in [0.25, 0.3) is 0 Å². The van der Waals surface area contributed by atoms with Gasteiger partial charge in [0.1, 0.15) is 5.82 Å². The van der Waals surface area contributed by atoms with Gasteiger partial charge >= 0.3 is 0 Å². The maximum atomic E-state index is 12.5. The predicted octanol–water partition coefficient (Wildman–Crippen LogP) is 3.38. The van der Waals surface area contributed by atoms with Gasteiger partial charge in [0.25, 0.3) is 11.8 Å². The molecule has 1 aromatic heterocycles. The Balaban J connectivity index is 1.95. The summed E-state index contributed by atoms with van der Waals surface area (Å²) in [7, 11) is 0. The van der Waals surface area contributed by atoms with Gasteiger partial charge in [0.15, 0.2) is 0 Å². The van der Waals surface area contributed by atoms with Gasteiger partial charge < -0.3 is 4.74 Å². The lowest BCUT2D eigenvalue weighted by Crippen LogP contribution is -2.32. The van der Waals surface area contributed by atoms with E-state index < -0.39 is 0 Å². The third-order valence-electron chi connectivity index (χ3n) is 3.77. The van der Waals surface area contributed by atoms with Crippen molar-refractivity contribution in [2.45, 2.75) is 45.6 Å². The van der Waals surface area contributed by atoms with Crippen LogP contribution in [0.3, 0.4) is 0 Å². The zero-order chi connectivity index (χ0) is 15.9. The highest BCUT2D eigenvalue weighted by molar-refractivity contribution is 9.10. The lowest BCUT2D eigenvalue weighted by Gasteiger charge is -2.17. The van der Waals surface area contributed by atoms with E-state index >= 15 is 0 Å². The first kappa shape index (κ1) is 15.2. The highest BCUT2D eigenvalue weighted by Crippen LogP contribution is 2.36. The Kier molecular flexibility index (Phi) is 4.04. The van der Waals surface area contributed by atoms with E-state index in [4.69, 9.17) is 4.74 Å². The molecule has 1 aliphatic heterocycles. The van der Waals surface area contributed by atoms with Crippen molar-refractivity contribution in [2.75, 3.05) is 4.90 Å². The van der Waals surface area contributed by atoms with E-state index in [2.05, 4.69) is 20.9 Å². The third kappa shape index (κ3) is 2.56. The summed E-state index contributed by atoms with van der Waals surface area (Å²) in [5.74, 6) is 0.247. The fourth-order valence-corrected chi connectivity index (χ4v) is 3.11. The van der Waals surface area contributed by atoms with Crippen LogP contribution in [0.1, 0.15) is 39.5 Å². The second kappa shape index (κ2) is 5.83. The van der Waals surface area contributed by atoms with Crippen LogP contribution in [0.5, 0.6) is 5.88 Å². The van der Waals surface area contributed by atoms with Crippen LogP contribution in [0, 0.1) is 0 Å². The van der Waals surface area contributed by atoms with Crippen molar-refractivity contribution in [3.63, 3.8) is 0 Å². The quantitative estimate of drug-likeness (QED) is 0.771. The van der Waals surface area contributed by atoms with Crippen LogP contribution < -0.4 is 9.64 Å². The third-order valence-corrected chi connectivity index (χ3v) is 4.37. The first-order chi connectivity index (χ1) is 10.5. The van der Waals surface area contributed by atoms with Crippen molar-refractivity contribution in [2.24, 2.45) is 0 Å². The Morgan fingerprint density at radius 3 is 2.27 bits per heavy atom. The number of halogens is 1. The minimum atomic E-state index is -0.231. The molecule has 22 heavy (non-hydrogen) atoms. The summed E-state index contributed by atoms with van der Waals surface area (Å²) in [6, 6.07) is 3.41. The fourth-order valence-electron chi connectivity index (χ4n) is 2.79. The second-order valence-electron chi connectivity index (χ2n) is 5.73. The first-order valence-electron chi connectivity index (χ1n) is 7.43. The van der Waals surface area contributed by atoms with Gasteiger partial charge in [-0.1, -0.05) is 0 Å². The zero-order valence-electron chi connectivity index (χ0n) is 12.6. The number of carbonyl (C=O) groups is 2.